The number of amides is 1. The molecule has 0 fully saturated rings. The van der Waals surface area contributed by atoms with Crippen molar-refractivity contribution >= 4 is 5.91 Å². The van der Waals surface area contributed by atoms with Gasteiger partial charge in [-0.2, -0.15) is 0 Å². The van der Waals surface area contributed by atoms with Crippen molar-refractivity contribution in [3.8, 4) is 5.75 Å². The second kappa shape index (κ2) is 6.77. The highest BCUT2D eigenvalue weighted by molar-refractivity contribution is 5.91. The molecule has 0 saturated heterocycles. The number of aromatic nitrogens is 2. The van der Waals surface area contributed by atoms with Gasteiger partial charge in [0.05, 0.1) is 13.3 Å². The van der Waals surface area contributed by atoms with Gasteiger partial charge < -0.3 is 10.1 Å². The van der Waals surface area contributed by atoms with Crippen LogP contribution in [0.2, 0.25) is 0 Å². The van der Waals surface area contributed by atoms with Crippen LogP contribution in [0.15, 0.2) is 30.7 Å². The van der Waals surface area contributed by atoms with Crippen LogP contribution < -0.4 is 10.1 Å². The lowest BCUT2D eigenvalue weighted by Gasteiger charge is -2.24. The van der Waals surface area contributed by atoms with Gasteiger partial charge in [-0.15, -0.1) is 0 Å². The van der Waals surface area contributed by atoms with E-state index in [1.54, 1.807) is 13.3 Å². The number of aryl methyl sites for hydroxylation is 1. The number of rotatable bonds is 4. The Bertz CT molecular complexity index is 691. The fourth-order valence-electron chi connectivity index (χ4n) is 2.35. The third kappa shape index (κ3) is 4.06. The van der Waals surface area contributed by atoms with Crippen LogP contribution >= 0.6 is 0 Å². The molecule has 1 aromatic heterocycles. The number of carbonyl (C=O) groups excluding carboxylic acids is 1. The molecule has 1 aromatic carbocycles. The van der Waals surface area contributed by atoms with Crippen molar-refractivity contribution in [1.29, 1.82) is 0 Å². The van der Waals surface area contributed by atoms with E-state index in [1.807, 2.05) is 13.0 Å². The monoisotopic (exact) mass is 313 g/mol. The topological polar surface area (TPSA) is 64.1 Å². The average Bonchev–Trinajstić information content (AvgIpc) is 2.52. The lowest BCUT2D eigenvalue weighted by atomic mass is 9.84. The summed E-state index contributed by atoms with van der Waals surface area (Å²) in [4.78, 5) is 20.0. The predicted octanol–water partition coefficient (Wildman–Crippen LogP) is 3.02. The van der Waals surface area contributed by atoms with E-state index in [0.717, 1.165) is 22.4 Å². The quantitative estimate of drug-likeness (QED) is 0.942. The van der Waals surface area contributed by atoms with Crippen LogP contribution in [0.5, 0.6) is 5.75 Å². The molecule has 23 heavy (non-hydrogen) atoms. The number of nitrogens with one attached hydrogen (secondary N) is 1. The number of carbonyl (C=O) groups is 1. The van der Waals surface area contributed by atoms with Gasteiger partial charge in [-0.1, -0.05) is 20.8 Å². The Morgan fingerprint density at radius 3 is 2.57 bits per heavy atom. The normalized spacial score (nSPS) is 11.2. The van der Waals surface area contributed by atoms with Crippen molar-refractivity contribution in [3.63, 3.8) is 0 Å². The zero-order valence-corrected chi connectivity index (χ0v) is 14.3. The van der Waals surface area contributed by atoms with Crippen LogP contribution in [0.4, 0.5) is 0 Å². The Morgan fingerprint density at radius 1 is 1.26 bits per heavy atom. The summed E-state index contributed by atoms with van der Waals surface area (Å²) < 4.78 is 5.50. The molecule has 1 N–H and O–H groups in total. The molecule has 5 heteroatoms. The number of hydrogen-bond donors (Lipinski definition) is 1. The minimum atomic E-state index is -0.231. The van der Waals surface area contributed by atoms with Gasteiger partial charge in [0.25, 0.3) is 5.91 Å². The number of benzene rings is 1. The van der Waals surface area contributed by atoms with Crippen LogP contribution in [0.25, 0.3) is 0 Å². The molecule has 2 aromatic rings. The maximum absolute atomic E-state index is 12.1. The molecule has 1 amide bonds. The fourth-order valence-corrected chi connectivity index (χ4v) is 2.35. The summed E-state index contributed by atoms with van der Waals surface area (Å²) in [5.41, 5.74) is 3.54. The molecule has 0 aliphatic rings. The third-order valence-electron chi connectivity index (χ3n) is 3.70. The minimum Gasteiger partial charge on any atom is -0.496 e. The highest BCUT2D eigenvalue weighted by atomic mass is 16.5. The SMILES string of the molecule is COc1cc(C)c(CNC(=O)c2cnccn2)cc1C(C)(C)C. The number of methoxy groups -OCH3 is 1. The molecule has 0 radical (unpaired) electrons. The molecule has 0 atom stereocenters. The summed E-state index contributed by atoms with van der Waals surface area (Å²) in [5, 5.41) is 2.89. The van der Waals surface area contributed by atoms with Gasteiger partial charge in [-0.05, 0) is 41.2 Å². The summed E-state index contributed by atoms with van der Waals surface area (Å²) >= 11 is 0. The van der Waals surface area contributed by atoms with E-state index >= 15 is 0 Å². The highest BCUT2D eigenvalue weighted by Crippen LogP contribution is 2.33. The Kier molecular flexibility index (Phi) is 4.98. The van der Waals surface area contributed by atoms with Crippen LogP contribution in [0, 0.1) is 6.92 Å². The summed E-state index contributed by atoms with van der Waals surface area (Å²) in [7, 11) is 1.68. The zero-order valence-electron chi connectivity index (χ0n) is 14.3. The van der Waals surface area contributed by atoms with E-state index in [9.17, 15) is 4.79 Å². The summed E-state index contributed by atoms with van der Waals surface area (Å²) in [5.74, 6) is 0.643. The molecule has 0 aliphatic carbocycles. The molecule has 0 bridgehead atoms. The lowest BCUT2D eigenvalue weighted by molar-refractivity contribution is 0.0945. The molecular weight excluding hydrogens is 290 g/mol. The van der Waals surface area contributed by atoms with Gasteiger partial charge in [0.15, 0.2) is 0 Å². The van der Waals surface area contributed by atoms with Crippen molar-refractivity contribution in [2.45, 2.75) is 39.7 Å². The van der Waals surface area contributed by atoms with Crippen molar-refractivity contribution < 1.29 is 9.53 Å². The molecule has 0 saturated carbocycles. The average molecular weight is 313 g/mol. The fraction of sp³-hybridized carbons (Fsp3) is 0.389. The van der Waals surface area contributed by atoms with Gasteiger partial charge in [-0.3, -0.25) is 9.78 Å². The summed E-state index contributed by atoms with van der Waals surface area (Å²) in [6.07, 6.45) is 4.50. The Hall–Kier alpha value is -2.43. The van der Waals surface area contributed by atoms with Gasteiger partial charge in [0.1, 0.15) is 11.4 Å². The molecule has 2 rings (SSSR count). The Balaban J connectivity index is 2.22. The molecule has 1 heterocycles. The third-order valence-corrected chi connectivity index (χ3v) is 3.70. The van der Waals surface area contributed by atoms with Gasteiger partial charge >= 0.3 is 0 Å². The van der Waals surface area contributed by atoms with Crippen LogP contribution in [-0.4, -0.2) is 23.0 Å². The highest BCUT2D eigenvalue weighted by Gasteiger charge is 2.20. The molecule has 0 spiro atoms. The summed E-state index contributed by atoms with van der Waals surface area (Å²) in [6.45, 7) is 8.87. The van der Waals surface area contributed by atoms with E-state index in [4.69, 9.17) is 4.74 Å². The first-order valence-corrected chi connectivity index (χ1v) is 7.55. The van der Waals surface area contributed by atoms with Crippen molar-refractivity contribution in [3.05, 3.63) is 53.1 Å². The zero-order chi connectivity index (χ0) is 17.0. The second-order valence-corrected chi connectivity index (χ2v) is 6.50. The van der Waals surface area contributed by atoms with Gasteiger partial charge in [-0.25, -0.2) is 4.98 Å². The van der Waals surface area contributed by atoms with Crippen LogP contribution in [0.1, 0.15) is 48.0 Å². The Morgan fingerprint density at radius 2 is 2.00 bits per heavy atom. The van der Waals surface area contributed by atoms with Crippen molar-refractivity contribution in [2.24, 2.45) is 0 Å². The smallest absolute Gasteiger partial charge is 0.271 e. The molecular formula is C18H23N3O2. The first kappa shape index (κ1) is 16.9. The maximum Gasteiger partial charge on any atom is 0.271 e. The Labute approximate surface area is 137 Å². The van der Waals surface area contributed by atoms with Crippen molar-refractivity contribution in [2.75, 3.05) is 7.11 Å². The lowest BCUT2D eigenvalue weighted by Crippen LogP contribution is -2.24. The molecule has 0 unspecified atom stereocenters. The first-order valence-electron chi connectivity index (χ1n) is 7.55. The number of ether oxygens (including phenoxy) is 1. The van der Waals surface area contributed by atoms with Crippen LogP contribution in [-0.2, 0) is 12.0 Å². The largest absolute Gasteiger partial charge is 0.496 e. The predicted molar refractivity (Wildman–Crippen MR) is 89.6 cm³/mol. The minimum absolute atomic E-state index is 0.0390. The van der Waals surface area contributed by atoms with Crippen molar-refractivity contribution in [1.82, 2.24) is 15.3 Å². The van der Waals surface area contributed by atoms with E-state index in [0.29, 0.717) is 12.2 Å². The number of nitrogens with zero attached hydrogens (tertiary/aromatic N) is 2. The van der Waals surface area contributed by atoms with E-state index in [1.165, 1.54) is 12.4 Å². The molecule has 5 nitrogen and oxygen atoms in total. The van der Waals surface area contributed by atoms with Gasteiger partial charge in [0.2, 0.25) is 0 Å². The summed E-state index contributed by atoms with van der Waals surface area (Å²) in [6, 6.07) is 4.12. The van der Waals surface area contributed by atoms with E-state index in [-0.39, 0.29) is 11.3 Å². The standard InChI is InChI=1S/C18H23N3O2/c1-12-8-16(23-5)14(18(2,3)4)9-13(12)10-21-17(22)15-11-19-6-7-20-15/h6-9,11H,10H2,1-5H3,(H,21,22). The number of hydrogen-bond acceptors (Lipinski definition) is 4. The molecule has 0 aliphatic heterocycles. The van der Waals surface area contributed by atoms with Gasteiger partial charge in [0, 0.05) is 18.9 Å². The second-order valence-electron chi connectivity index (χ2n) is 6.50. The molecule has 122 valence electrons. The maximum atomic E-state index is 12.1. The van der Waals surface area contributed by atoms with Crippen LogP contribution in [0.3, 0.4) is 0 Å². The first-order chi connectivity index (χ1) is 10.8. The van der Waals surface area contributed by atoms with E-state index in [2.05, 4.69) is 42.1 Å². The van der Waals surface area contributed by atoms with E-state index < -0.39 is 0 Å².